The highest BCUT2D eigenvalue weighted by atomic mass is 19.4. The maximum atomic E-state index is 13.6. The molecule has 0 spiro atoms. The Morgan fingerprint density at radius 1 is 0.889 bits per heavy atom. The second kappa shape index (κ2) is 8.22. The third-order valence-electron chi connectivity index (χ3n) is 9.47. The van der Waals surface area contributed by atoms with Gasteiger partial charge in [0.2, 0.25) is 0 Å². The van der Waals surface area contributed by atoms with Crippen LogP contribution in [0.1, 0.15) is 55.9 Å². The van der Waals surface area contributed by atoms with E-state index in [4.69, 9.17) is 4.74 Å². The molecule has 8 heteroatoms. The minimum absolute atomic E-state index is 0.0872. The molecule has 0 N–H and O–H groups in total. The molecule has 2 saturated heterocycles. The molecule has 1 aliphatic carbocycles. The molecule has 2 nitrogen and oxygen atoms in total. The van der Waals surface area contributed by atoms with Gasteiger partial charge in [0.15, 0.2) is 0 Å². The van der Waals surface area contributed by atoms with Crippen molar-refractivity contribution in [3.8, 4) is 0 Å². The van der Waals surface area contributed by atoms with Crippen LogP contribution in [-0.2, 0) is 30.2 Å². The van der Waals surface area contributed by atoms with Crippen LogP contribution in [0.3, 0.4) is 0 Å². The van der Waals surface area contributed by atoms with E-state index in [0.717, 1.165) is 37.1 Å². The molecule has 2 aromatic carbocycles. The first-order valence-electron chi connectivity index (χ1n) is 12.5. The lowest BCUT2D eigenvalue weighted by atomic mass is 9.76. The van der Waals surface area contributed by atoms with E-state index in [-0.39, 0.29) is 29.6 Å². The predicted octanol–water partition coefficient (Wildman–Crippen LogP) is 7.46. The van der Waals surface area contributed by atoms with E-state index in [2.05, 4.69) is 20.8 Å². The predicted molar refractivity (Wildman–Crippen MR) is 124 cm³/mol. The summed E-state index contributed by atoms with van der Waals surface area (Å²) in [4.78, 5) is 0. The van der Waals surface area contributed by atoms with E-state index in [0.29, 0.717) is 29.5 Å². The van der Waals surface area contributed by atoms with Crippen molar-refractivity contribution in [3.05, 3.63) is 70.8 Å². The summed E-state index contributed by atoms with van der Waals surface area (Å²) in [5, 5.41) is 0. The fourth-order valence-electron chi connectivity index (χ4n) is 8.20. The van der Waals surface area contributed by atoms with E-state index in [1.54, 1.807) is 0 Å². The molecule has 1 saturated carbocycles. The van der Waals surface area contributed by atoms with E-state index in [9.17, 15) is 26.3 Å². The zero-order chi connectivity index (χ0) is 26.1. The monoisotopic (exact) mass is 512 g/mol. The van der Waals surface area contributed by atoms with Gasteiger partial charge in [-0.25, -0.2) is 0 Å². The fraction of sp³-hybridized carbons (Fsp3) is 0.571. The van der Waals surface area contributed by atoms with Crippen LogP contribution in [0.25, 0.3) is 0 Å². The summed E-state index contributed by atoms with van der Waals surface area (Å²) in [6.07, 6.45) is -7.75. The van der Waals surface area contributed by atoms with Gasteiger partial charge in [0.1, 0.15) is 24.2 Å². The first kappa shape index (κ1) is 25.6. The number of alkyl halides is 6. The van der Waals surface area contributed by atoms with Gasteiger partial charge in [0, 0.05) is 23.3 Å². The number of hydrogen-bond acceptors (Lipinski definition) is 1. The number of quaternary nitrogens is 1. The maximum absolute atomic E-state index is 13.6. The molecular formula is C28H32F6NO+. The lowest BCUT2D eigenvalue weighted by Gasteiger charge is -2.44. The summed E-state index contributed by atoms with van der Waals surface area (Å²) < 4.78 is 88.5. The second-order valence-electron chi connectivity index (χ2n) is 11.6. The van der Waals surface area contributed by atoms with Crippen LogP contribution in [-0.4, -0.2) is 28.7 Å². The maximum Gasteiger partial charge on any atom is 0.416 e. The number of halogens is 6. The molecule has 0 bridgehead atoms. The van der Waals surface area contributed by atoms with Crippen molar-refractivity contribution in [1.29, 1.82) is 0 Å². The van der Waals surface area contributed by atoms with Crippen LogP contribution in [0.2, 0.25) is 0 Å². The topological polar surface area (TPSA) is 9.23 Å². The van der Waals surface area contributed by atoms with Crippen LogP contribution < -0.4 is 0 Å². The zero-order valence-electron chi connectivity index (χ0n) is 20.7. The van der Waals surface area contributed by atoms with Gasteiger partial charge in [-0.2, -0.15) is 26.3 Å². The summed E-state index contributed by atoms with van der Waals surface area (Å²) in [7, 11) is 0. The van der Waals surface area contributed by atoms with E-state index >= 15 is 0 Å². The molecule has 0 aromatic heterocycles. The molecule has 5 rings (SSSR count). The molecule has 6 atom stereocenters. The summed E-state index contributed by atoms with van der Waals surface area (Å²) in [5.74, 6) is 0.876. The van der Waals surface area contributed by atoms with Gasteiger partial charge >= 0.3 is 12.4 Å². The normalized spacial score (nSPS) is 35.9. The van der Waals surface area contributed by atoms with Crippen LogP contribution in [0.4, 0.5) is 26.3 Å². The van der Waals surface area contributed by atoms with Gasteiger partial charge in [-0.1, -0.05) is 37.3 Å². The Bertz CT molecular complexity index is 1100. The molecule has 0 amide bonds. The summed E-state index contributed by atoms with van der Waals surface area (Å²) in [6, 6.07) is 11.9. The number of nitrogens with zero attached hydrogens (tertiary/aromatic N) is 1. The fourth-order valence-corrected chi connectivity index (χ4v) is 8.20. The average Bonchev–Trinajstić information content (AvgIpc) is 3.31. The van der Waals surface area contributed by atoms with Gasteiger partial charge in [-0.15, -0.1) is 0 Å². The summed E-state index contributed by atoms with van der Waals surface area (Å²) in [5.41, 5.74) is -2.15. The Morgan fingerprint density at radius 3 is 2.08 bits per heavy atom. The van der Waals surface area contributed by atoms with Gasteiger partial charge in [0.25, 0.3) is 0 Å². The van der Waals surface area contributed by atoms with Crippen LogP contribution in [0.5, 0.6) is 0 Å². The molecule has 3 fully saturated rings. The lowest BCUT2D eigenvalue weighted by Crippen LogP contribution is -2.57. The Kier molecular flexibility index (Phi) is 5.84. The van der Waals surface area contributed by atoms with Gasteiger partial charge in [-0.3, -0.25) is 0 Å². The standard InChI is InChI=1S/C28H32F6NO/c1-18-14-35(15-20-11-21(27(29,30)31)13-22(12-20)28(32,33)34)17-25(2,24-10-9-23(18)26(24,35)3)36-16-19-7-5-4-6-8-19/h4-8,11-13,18,23-24H,9-10,14-17H2,1-3H3/q+1/t18-,23+,24-,25-,26-,35-/m1/s1. The molecule has 0 unspecified atom stereocenters. The Balaban J connectivity index is 1.53. The van der Waals surface area contributed by atoms with Crippen molar-refractivity contribution < 1.29 is 35.6 Å². The molecule has 196 valence electrons. The van der Waals surface area contributed by atoms with Crippen molar-refractivity contribution in [2.24, 2.45) is 17.8 Å². The first-order chi connectivity index (χ1) is 16.7. The highest BCUT2D eigenvalue weighted by Crippen LogP contribution is 2.65. The van der Waals surface area contributed by atoms with Crippen molar-refractivity contribution in [3.63, 3.8) is 0 Å². The molecular weight excluding hydrogens is 480 g/mol. The number of hydrogen-bond donors (Lipinski definition) is 0. The number of ether oxygens (including phenoxy) is 1. The zero-order valence-corrected chi connectivity index (χ0v) is 20.7. The van der Waals surface area contributed by atoms with Gasteiger partial charge < -0.3 is 9.22 Å². The SMILES string of the molecule is C[C@@H]1C[N@@+]2(Cc3cc(C(F)(F)F)cc(C(F)(F)F)c3)C[C@@](C)(OCc3ccccc3)[C@H]3CC[C@@H]1[C@]32C. The van der Waals surface area contributed by atoms with E-state index < -0.39 is 29.1 Å². The third kappa shape index (κ3) is 3.95. The Labute approximate surface area is 207 Å². The minimum atomic E-state index is -4.85. The molecule has 0 radical (unpaired) electrons. The van der Waals surface area contributed by atoms with E-state index in [1.807, 2.05) is 30.3 Å². The highest BCUT2D eigenvalue weighted by molar-refractivity contribution is 5.33. The second-order valence-corrected chi connectivity index (χ2v) is 11.6. The molecule has 2 heterocycles. The third-order valence-corrected chi connectivity index (χ3v) is 9.47. The largest absolute Gasteiger partial charge is 0.416 e. The van der Waals surface area contributed by atoms with Crippen LogP contribution >= 0.6 is 0 Å². The first-order valence-corrected chi connectivity index (χ1v) is 12.5. The molecule has 3 aliphatic rings. The summed E-state index contributed by atoms with van der Waals surface area (Å²) in [6.45, 7) is 8.31. The number of rotatable bonds is 5. The van der Waals surface area contributed by atoms with Crippen LogP contribution in [0.15, 0.2) is 48.5 Å². The highest BCUT2D eigenvalue weighted by Gasteiger charge is 2.76. The Morgan fingerprint density at radius 2 is 1.50 bits per heavy atom. The molecule has 36 heavy (non-hydrogen) atoms. The smallest absolute Gasteiger partial charge is 0.364 e. The van der Waals surface area contributed by atoms with Gasteiger partial charge in [0.05, 0.1) is 24.3 Å². The molecule has 2 aliphatic heterocycles. The van der Waals surface area contributed by atoms with Gasteiger partial charge in [-0.05, 0) is 50.5 Å². The van der Waals surface area contributed by atoms with Crippen molar-refractivity contribution in [1.82, 2.24) is 0 Å². The number of benzene rings is 2. The lowest BCUT2D eigenvalue weighted by molar-refractivity contribution is -0.967. The van der Waals surface area contributed by atoms with Crippen molar-refractivity contribution in [2.75, 3.05) is 13.1 Å². The average molecular weight is 513 g/mol. The minimum Gasteiger partial charge on any atom is -0.364 e. The molecule has 2 aromatic rings. The summed E-state index contributed by atoms with van der Waals surface area (Å²) >= 11 is 0. The Hall–Kier alpha value is -2.06. The van der Waals surface area contributed by atoms with Crippen LogP contribution in [0, 0.1) is 17.8 Å². The quantitative estimate of drug-likeness (QED) is 0.298. The van der Waals surface area contributed by atoms with Crippen molar-refractivity contribution in [2.45, 2.75) is 70.3 Å². The van der Waals surface area contributed by atoms with E-state index in [1.165, 1.54) is 0 Å². The van der Waals surface area contributed by atoms with Crippen molar-refractivity contribution >= 4 is 0 Å².